The quantitative estimate of drug-likeness (QED) is 0.109. The Kier molecular flexibility index (Phi) is 7.36. The van der Waals surface area contributed by atoms with Crippen LogP contribution >= 0.6 is 0 Å². The summed E-state index contributed by atoms with van der Waals surface area (Å²) in [6.07, 6.45) is 1.13. The number of benzene rings is 4. The van der Waals surface area contributed by atoms with Crippen LogP contribution in [0.5, 0.6) is 11.5 Å². The van der Waals surface area contributed by atoms with Gasteiger partial charge in [0.05, 0.1) is 18.1 Å². The van der Waals surface area contributed by atoms with Crippen molar-refractivity contribution < 1.29 is 27.1 Å². The number of nitro groups is 1. The van der Waals surface area contributed by atoms with E-state index < -0.39 is 32.2 Å². The molecule has 0 atom stereocenters. The molecule has 11 heteroatoms. The van der Waals surface area contributed by atoms with Crippen molar-refractivity contribution in [3.63, 3.8) is 0 Å². The Morgan fingerprint density at radius 1 is 1.00 bits per heavy atom. The number of hydrogen-bond acceptors (Lipinski definition) is 8. The fraction of sp³-hybridized carbons (Fsp3) is 0.0370. The maximum Gasteiger partial charge on any atom is 0.339 e. The molecule has 0 spiro atoms. The summed E-state index contributed by atoms with van der Waals surface area (Å²) >= 11 is 0. The number of hydrogen-bond donors (Lipinski definition) is 1. The van der Waals surface area contributed by atoms with Crippen LogP contribution in [0.3, 0.4) is 0 Å². The van der Waals surface area contributed by atoms with Crippen LogP contribution in [0.2, 0.25) is 0 Å². The molecule has 0 fully saturated rings. The third-order valence-electron chi connectivity index (χ3n) is 5.44. The summed E-state index contributed by atoms with van der Waals surface area (Å²) in [5, 5.41) is 24.9. The zero-order valence-electron chi connectivity index (χ0n) is 19.8. The Morgan fingerprint density at radius 2 is 1.71 bits per heavy atom. The lowest BCUT2D eigenvalue weighted by Crippen LogP contribution is -2.15. The van der Waals surface area contributed by atoms with Gasteiger partial charge >= 0.3 is 10.1 Å². The number of amides is 1. The highest BCUT2D eigenvalue weighted by molar-refractivity contribution is 7.87. The summed E-state index contributed by atoms with van der Waals surface area (Å²) in [5.41, 5.74) is -0.882. The fourth-order valence-corrected chi connectivity index (χ4v) is 4.54. The molecule has 4 rings (SSSR count). The van der Waals surface area contributed by atoms with Crippen LogP contribution in [-0.2, 0) is 14.9 Å². The molecule has 0 unspecified atom stereocenters. The molecule has 0 saturated carbocycles. The number of carbonyl (C=O) groups excluding carboxylic acids is 1. The van der Waals surface area contributed by atoms with Crippen LogP contribution in [0, 0.1) is 21.4 Å². The van der Waals surface area contributed by atoms with Gasteiger partial charge in [0.15, 0.2) is 0 Å². The van der Waals surface area contributed by atoms with E-state index in [4.69, 9.17) is 8.92 Å². The first-order valence-electron chi connectivity index (χ1n) is 11.0. The first-order chi connectivity index (χ1) is 18.2. The van der Waals surface area contributed by atoms with Crippen molar-refractivity contribution in [2.75, 3.05) is 12.4 Å². The van der Waals surface area contributed by atoms with Gasteiger partial charge in [-0.05, 0) is 47.2 Å². The number of anilines is 1. The molecule has 0 radical (unpaired) electrons. The molecule has 0 saturated heterocycles. The Hall–Kier alpha value is -5.21. The fourth-order valence-electron chi connectivity index (χ4n) is 3.55. The summed E-state index contributed by atoms with van der Waals surface area (Å²) in [6.45, 7) is 0. The number of nitrogens with zero attached hydrogens (tertiary/aromatic N) is 2. The van der Waals surface area contributed by atoms with Crippen LogP contribution in [0.15, 0.2) is 95.4 Å². The monoisotopic (exact) mass is 529 g/mol. The van der Waals surface area contributed by atoms with E-state index in [0.717, 1.165) is 17.5 Å². The number of carbonyl (C=O) groups is 1. The molecular weight excluding hydrogens is 510 g/mol. The Bertz CT molecular complexity index is 1740. The normalized spacial score (nSPS) is 11.4. The number of nitrogens with one attached hydrogen (secondary N) is 1. The van der Waals surface area contributed by atoms with Gasteiger partial charge in [-0.2, -0.15) is 13.7 Å². The molecule has 0 aliphatic rings. The van der Waals surface area contributed by atoms with Gasteiger partial charge in [0.2, 0.25) is 0 Å². The van der Waals surface area contributed by atoms with Gasteiger partial charge < -0.3 is 14.2 Å². The number of nitro benzene ring substituents is 1. The Balaban J connectivity index is 1.63. The SMILES string of the molecule is COc1ccc(NC(=O)/C(C#N)=C/c2ccccc2OS(=O)(=O)c2ccc3ccccc3c2)c([N+](=O)[O-])c1. The lowest BCUT2D eigenvalue weighted by Gasteiger charge is -2.11. The van der Waals surface area contributed by atoms with E-state index in [1.54, 1.807) is 30.3 Å². The molecule has 10 nitrogen and oxygen atoms in total. The van der Waals surface area contributed by atoms with Gasteiger partial charge in [0, 0.05) is 5.56 Å². The summed E-state index contributed by atoms with van der Waals surface area (Å²) < 4.78 is 36.4. The molecule has 4 aromatic rings. The van der Waals surface area contributed by atoms with E-state index in [0.29, 0.717) is 5.39 Å². The number of methoxy groups -OCH3 is 1. The summed E-state index contributed by atoms with van der Waals surface area (Å²) in [7, 11) is -2.92. The second kappa shape index (κ2) is 10.8. The second-order valence-electron chi connectivity index (χ2n) is 7.85. The molecule has 0 aromatic heterocycles. The zero-order valence-corrected chi connectivity index (χ0v) is 20.6. The van der Waals surface area contributed by atoms with Gasteiger partial charge in [-0.3, -0.25) is 14.9 Å². The van der Waals surface area contributed by atoms with Gasteiger partial charge in [0.1, 0.15) is 33.7 Å². The van der Waals surface area contributed by atoms with Gasteiger partial charge in [0.25, 0.3) is 11.6 Å². The lowest BCUT2D eigenvalue weighted by molar-refractivity contribution is -0.384. The molecule has 0 aliphatic carbocycles. The minimum absolute atomic E-state index is 0.0694. The van der Waals surface area contributed by atoms with E-state index in [1.807, 2.05) is 12.1 Å². The zero-order chi connectivity index (χ0) is 27.3. The van der Waals surface area contributed by atoms with Crippen LogP contribution in [0.1, 0.15) is 5.56 Å². The smallest absolute Gasteiger partial charge is 0.339 e. The molecule has 38 heavy (non-hydrogen) atoms. The third-order valence-corrected chi connectivity index (χ3v) is 6.67. The summed E-state index contributed by atoms with van der Waals surface area (Å²) in [4.78, 5) is 23.5. The van der Waals surface area contributed by atoms with Crippen LogP contribution in [0.25, 0.3) is 16.8 Å². The molecular formula is C27H19N3O7S. The van der Waals surface area contributed by atoms with Crippen molar-refractivity contribution >= 4 is 44.2 Å². The topological polar surface area (TPSA) is 149 Å². The van der Waals surface area contributed by atoms with Gasteiger partial charge in [-0.15, -0.1) is 0 Å². The summed E-state index contributed by atoms with van der Waals surface area (Å²) in [6, 6.07) is 23.3. The van der Waals surface area contributed by atoms with E-state index in [-0.39, 0.29) is 27.6 Å². The number of para-hydroxylation sites is 1. The standard InChI is InChI=1S/C27H19N3O7S/c1-36-22-11-13-24(25(16-22)30(32)33)29-27(31)21(17-28)14-20-8-4-5-9-26(20)37-38(34,35)23-12-10-18-6-2-3-7-19(18)15-23/h2-16H,1H3,(H,29,31)/b21-14+. The van der Waals surface area contributed by atoms with Crippen molar-refractivity contribution in [3.8, 4) is 17.6 Å². The van der Waals surface area contributed by atoms with Crippen molar-refractivity contribution in [1.29, 1.82) is 5.26 Å². The maximum atomic E-state index is 13.0. The highest BCUT2D eigenvalue weighted by Crippen LogP contribution is 2.30. The molecule has 0 heterocycles. The predicted molar refractivity (Wildman–Crippen MR) is 140 cm³/mol. The van der Waals surface area contributed by atoms with E-state index in [2.05, 4.69) is 5.32 Å². The Labute approximate surface area is 217 Å². The van der Waals surface area contributed by atoms with Crippen LogP contribution < -0.4 is 14.2 Å². The lowest BCUT2D eigenvalue weighted by atomic mass is 10.1. The molecule has 190 valence electrons. The average Bonchev–Trinajstić information content (AvgIpc) is 2.92. The first-order valence-corrected chi connectivity index (χ1v) is 12.4. The molecule has 1 amide bonds. The minimum Gasteiger partial charge on any atom is -0.496 e. The van der Waals surface area contributed by atoms with Crippen LogP contribution in [0.4, 0.5) is 11.4 Å². The Morgan fingerprint density at radius 3 is 2.42 bits per heavy atom. The minimum atomic E-state index is -4.26. The number of fused-ring (bicyclic) bond motifs is 1. The van der Waals surface area contributed by atoms with Gasteiger partial charge in [-0.1, -0.05) is 48.5 Å². The van der Waals surface area contributed by atoms with Gasteiger partial charge in [-0.25, -0.2) is 0 Å². The van der Waals surface area contributed by atoms with Crippen molar-refractivity contribution in [2.24, 2.45) is 0 Å². The largest absolute Gasteiger partial charge is 0.496 e. The maximum absolute atomic E-state index is 13.0. The molecule has 4 aromatic carbocycles. The third kappa shape index (κ3) is 5.61. The molecule has 0 bridgehead atoms. The van der Waals surface area contributed by atoms with Crippen molar-refractivity contribution in [2.45, 2.75) is 4.90 Å². The second-order valence-corrected chi connectivity index (χ2v) is 9.39. The van der Waals surface area contributed by atoms with E-state index in [1.165, 1.54) is 49.6 Å². The van der Waals surface area contributed by atoms with E-state index in [9.17, 15) is 28.6 Å². The van der Waals surface area contributed by atoms with Crippen molar-refractivity contribution in [1.82, 2.24) is 0 Å². The number of ether oxygens (including phenoxy) is 1. The van der Waals surface area contributed by atoms with Crippen molar-refractivity contribution in [3.05, 3.63) is 106 Å². The highest BCUT2D eigenvalue weighted by Gasteiger charge is 2.21. The van der Waals surface area contributed by atoms with E-state index >= 15 is 0 Å². The average molecular weight is 530 g/mol. The summed E-state index contributed by atoms with van der Waals surface area (Å²) in [5.74, 6) is -0.839. The molecule has 1 N–H and O–H groups in total. The predicted octanol–water partition coefficient (Wildman–Crippen LogP) is 5.07. The molecule has 0 aliphatic heterocycles. The number of rotatable bonds is 8. The van der Waals surface area contributed by atoms with Crippen LogP contribution in [-0.4, -0.2) is 26.4 Å². The first kappa shape index (κ1) is 25.9. The highest BCUT2D eigenvalue weighted by atomic mass is 32.2. The number of nitriles is 1.